The van der Waals surface area contributed by atoms with Crippen LogP contribution in [0.2, 0.25) is 0 Å². The van der Waals surface area contributed by atoms with Crippen LogP contribution >= 0.6 is 0 Å². The third-order valence-electron chi connectivity index (χ3n) is 0.813. The molecule has 0 radical (unpaired) electrons. The zero-order chi connectivity index (χ0) is 16.3. The van der Waals surface area contributed by atoms with Gasteiger partial charge in [-0.2, -0.15) is 0 Å². The molecule has 0 aromatic heterocycles. The number of aliphatic carboxylic acids is 3. The fraction of sp³-hybridized carbons (Fsp3) is 0.154. The van der Waals surface area contributed by atoms with Gasteiger partial charge in [-0.05, 0) is 6.42 Å². The average molecular weight is 272 g/mol. The van der Waals surface area contributed by atoms with Crippen LogP contribution in [0, 0.1) is 0 Å². The normalized spacial score (nSPS) is 6.37. The van der Waals surface area contributed by atoms with Crippen molar-refractivity contribution in [3.05, 3.63) is 50.6 Å². The van der Waals surface area contributed by atoms with Crippen LogP contribution in [0.3, 0.4) is 0 Å². The molecule has 3 N–H and O–H groups in total. The van der Waals surface area contributed by atoms with Crippen LogP contribution in [0.4, 0.5) is 0 Å². The van der Waals surface area contributed by atoms with Crippen molar-refractivity contribution in [2.45, 2.75) is 13.3 Å². The zero-order valence-electron chi connectivity index (χ0n) is 10.9. The second kappa shape index (κ2) is 24.6. The van der Waals surface area contributed by atoms with E-state index in [1.54, 1.807) is 0 Å². The molecule has 0 bridgehead atoms. The summed E-state index contributed by atoms with van der Waals surface area (Å²) in [6.07, 6.45) is 5.46. The summed E-state index contributed by atoms with van der Waals surface area (Å²) in [6.45, 7) is 14.4. The number of hydrogen-bond donors (Lipinski definition) is 3. The van der Waals surface area contributed by atoms with Crippen molar-refractivity contribution in [3.8, 4) is 0 Å². The molecule has 0 aliphatic rings. The molecule has 0 aliphatic heterocycles. The maximum absolute atomic E-state index is 9.25. The summed E-state index contributed by atoms with van der Waals surface area (Å²) in [5, 5.41) is 22.8. The summed E-state index contributed by atoms with van der Waals surface area (Å²) in [7, 11) is 0. The lowest BCUT2D eigenvalue weighted by atomic mass is 10.5. The molecule has 0 aliphatic carbocycles. The SMILES string of the molecule is C=CC(=O)O.C=CC(=O)O.C=CC(=O)O.C=CCC. The van der Waals surface area contributed by atoms with Crippen molar-refractivity contribution < 1.29 is 29.7 Å². The third-order valence-corrected chi connectivity index (χ3v) is 0.813. The third kappa shape index (κ3) is 144. The monoisotopic (exact) mass is 272 g/mol. The van der Waals surface area contributed by atoms with Crippen LogP contribution in [0.5, 0.6) is 0 Å². The van der Waals surface area contributed by atoms with Gasteiger partial charge in [-0.15, -0.1) is 6.58 Å². The molecule has 0 fully saturated rings. The van der Waals surface area contributed by atoms with Crippen molar-refractivity contribution in [2.24, 2.45) is 0 Å². The van der Waals surface area contributed by atoms with Crippen molar-refractivity contribution >= 4 is 17.9 Å². The van der Waals surface area contributed by atoms with E-state index in [2.05, 4.69) is 33.2 Å². The summed E-state index contributed by atoms with van der Waals surface area (Å²) in [5.74, 6) is -2.94. The van der Waals surface area contributed by atoms with E-state index < -0.39 is 17.9 Å². The first-order valence-corrected chi connectivity index (χ1v) is 4.90. The Bertz CT molecular complexity index is 261. The average Bonchev–Trinajstić information content (AvgIpc) is 2.40. The van der Waals surface area contributed by atoms with Crippen LogP contribution in [-0.4, -0.2) is 33.2 Å². The molecule has 0 unspecified atom stereocenters. The standard InChI is InChI=1S/C4H8.3C3H4O2/c1-3-4-2;3*1-2-3(4)5/h3H,1,4H2,2H3;3*2H,1H2,(H,4,5). The fourth-order valence-corrected chi connectivity index (χ4v) is 0. The van der Waals surface area contributed by atoms with E-state index in [-0.39, 0.29) is 0 Å². The molecule has 0 saturated carbocycles. The van der Waals surface area contributed by atoms with Crippen molar-refractivity contribution in [1.29, 1.82) is 0 Å². The largest absolute Gasteiger partial charge is 0.478 e. The summed E-state index contributed by atoms with van der Waals surface area (Å²) < 4.78 is 0. The predicted octanol–water partition coefficient (Wildman–Crippen LogP) is 2.35. The second-order valence-electron chi connectivity index (χ2n) is 2.32. The van der Waals surface area contributed by atoms with E-state index in [1.807, 2.05) is 6.08 Å². The van der Waals surface area contributed by atoms with Crippen LogP contribution in [-0.2, 0) is 14.4 Å². The second-order valence-corrected chi connectivity index (χ2v) is 2.32. The van der Waals surface area contributed by atoms with Crippen molar-refractivity contribution in [1.82, 2.24) is 0 Å². The number of allylic oxidation sites excluding steroid dienone is 1. The van der Waals surface area contributed by atoms with Gasteiger partial charge < -0.3 is 15.3 Å². The summed E-state index contributed by atoms with van der Waals surface area (Å²) >= 11 is 0. The highest BCUT2D eigenvalue weighted by molar-refractivity contribution is 5.79. The van der Waals surface area contributed by atoms with Crippen molar-refractivity contribution in [3.63, 3.8) is 0 Å². The van der Waals surface area contributed by atoms with Gasteiger partial charge in [0, 0.05) is 18.2 Å². The number of rotatable bonds is 4. The van der Waals surface area contributed by atoms with E-state index in [0.717, 1.165) is 24.6 Å². The van der Waals surface area contributed by atoms with Gasteiger partial charge in [0.1, 0.15) is 0 Å². The summed E-state index contributed by atoms with van der Waals surface area (Å²) in [6, 6.07) is 0. The summed E-state index contributed by atoms with van der Waals surface area (Å²) in [4.78, 5) is 27.8. The Labute approximate surface area is 112 Å². The molecule has 6 nitrogen and oxygen atoms in total. The lowest BCUT2D eigenvalue weighted by molar-refractivity contribution is -0.132. The van der Waals surface area contributed by atoms with E-state index in [9.17, 15) is 14.4 Å². The maximum Gasteiger partial charge on any atom is 0.327 e. The molecule has 0 aromatic rings. The highest BCUT2D eigenvalue weighted by atomic mass is 16.4. The van der Waals surface area contributed by atoms with Gasteiger partial charge in [-0.1, -0.05) is 32.7 Å². The Kier molecular flexibility index (Phi) is 32.7. The lowest BCUT2D eigenvalue weighted by Gasteiger charge is -1.64. The molecule has 0 atom stereocenters. The molecule has 0 aromatic carbocycles. The number of carbonyl (C=O) groups is 3. The van der Waals surface area contributed by atoms with Crippen LogP contribution < -0.4 is 0 Å². The molecule has 0 amide bonds. The van der Waals surface area contributed by atoms with Gasteiger partial charge in [-0.3, -0.25) is 0 Å². The zero-order valence-corrected chi connectivity index (χ0v) is 10.9. The number of carboxylic acids is 3. The molecule has 0 rings (SSSR count). The maximum atomic E-state index is 9.25. The van der Waals surface area contributed by atoms with E-state index >= 15 is 0 Å². The first-order valence-electron chi connectivity index (χ1n) is 4.90. The molecule has 0 spiro atoms. The molecule has 0 saturated heterocycles. The first-order chi connectivity index (χ1) is 8.72. The first kappa shape index (κ1) is 25.3. The Balaban J connectivity index is -0.0000000793. The Morgan fingerprint density at radius 2 is 0.895 bits per heavy atom. The van der Waals surface area contributed by atoms with Gasteiger partial charge in [-0.25, -0.2) is 14.4 Å². The van der Waals surface area contributed by atoms with Crippen LogP contribution in [0.1, 0.15) is 13.3 Å². The highest BCUT2D eigenvalue weighted by Crippen LogP contribution is 1.66. The molecular formula is C13H20O6. The van der Waals surface area contributed by atoms with E-state index in [0.29, 0.717) is 0 Å². The topological polar surface area (TPSA) is 112 Å². The van der Waals surface area contributed by atoms with E-state index in [4.69, 9.17) is 15.3 Å². The van der Waals surface area contributed by atoms with Crippen molar-refractivity contribution in [2.75, 3.05) is 0 Å². The van der Waals surface area contributed by atoms with Crippen LogP contribution in [0.25, 0.3) is 0 Å². The number of hydrogen-bond acceptors (Lipinski definition) is 3. The predicted molar refractivity (Wildman–Crippen MR) is 74.0 cm³/mol. The lowest BCUT2D eigenvalue weighted by Crippen LogP contribution is -1.82. The fourth-order valence-electron chi connectivity index (χ4n) is 0. The smallest absolute Gasteiger partial charge is 0.327 e. The minimum Gasteiger partial charge on any atom is -0.478 e. The molecule has 19 heavy (non-hydrogen) atoms. The summed E-state index contributed by atoms with van der Waals surface area (Å²) in [5.41, 5.74) is 0. The highest BCUT2D eigenvalue weighted by Gasteiger charge is 1.74. The Morgan fingerprint density at radius 3 is 0.895 bits per heavy atom. The van der Waals surface area contributed by atoms with Gasteiger partial charge in [0.05, 0.1) is 0 Å². The Morgan fingerprint density at radius 1 is 0.789 bits per heavy atom. The minimum atomic E-state index is -0.981. The van der Waals surface area contributed by atoms with Gasteiger partial charge >= 0.3 is 17.9 Å². The van der Waals surface area contributed by atoms with E-state index in [1.165, 1.54) is 0 Å². The molecule has 108 valence electrons. The van der Waals surface area contributed by atoms with Gasteiger partial charge in [0.2, 0.25) is 0 Å². The molecule has 6 heteroatoms. The minimum absolute atomic E-state index is 0.833. The van der Waals surface area contributed by atoms with Gasteiger partial charge in [0.15, 0.2) is 0 Å². The van der Waals surface area contributed by atoms with Crippen LogP contribution in [0.15, 0.2) is 50.6 Å². The number of carboxylic acid groups (broad SMARTS) is 3. The quantitative estimate of drug-likeness (QED) is 0.535. The Hall–Kier alpha value is -2.63. The molecule has 0 heterocycles. The van der Waals surface area contributed by atoms with Gasteiger partial charge in [0.25, 0.3) is 0 Å². The molecular weight excluding hydrogens is 252 g/mol.